The predicted octanol–water partition coefficient (Wildman–Crippen LogP) is 1.79. The number of phenolic OH excluding ortho intramolecular Hbond substituents is 1. The molecule has 0 aliphatic carbocycles. The summed E-state index contributed by atoms with van der Waals surface area (Å²) in [6, 6.07) is 13.7. The number of carbonyl (C=O) groups is 2. The lowest BCUT2D eigenvalue weighted by Crippen LogP contribution is -2.27. The molecule has 120 valence electrons. The number of aromatic hydroxyl groups is 1. The van der Waals surface area contributed by atoms with Crippen molar-refractivity contribution < 1.29 is 14.7 Å². The van der Waals surface area contributed by atoms with Gasteiger partial charge in [-0.1, -0.05) is 24.3 Å². The SMILES string of the molecule is O=C(/C=C1/Nc2ccccc2NC1=O)N/N=C/c1ccccc1O. The molecule has 2 amide bonds. The van der Waals surface area contributed by atoms with Crippen LogP contribution in [0, 0.1) is 0 Å². The summed E-state index contributed by atoms with van der Waals surface area (Å²) in [4.78, 5) is 23.8. The molecule has 2 aromatic carbocycles. The number of nitrogens with zero attached hydrogens (tertiary/aromatic N) is 1. The Morgan fingerprint density at radius 1 is 1.04 bits per heavy atom. The molecule has 2 aromatic rings. The van der Waals surface area contributed by atoms with Gasteiger partial charge in [0.25, 0.3) is 11.8 Å². The highest BCUT2D eigenvalue weighted by atomic mass is 16.3. The number of hydrazone groups is 1. The first-order chi connectivity index (χ1) is 11.6. The number of phenols is 1. The summed E-state index contributed by atoms with van der Waals surface area (Å²) < 4.78 is 0. The second kappa shape index (κ2) is 6.66. The van der Waals surface area contributed by atoms with E-state index < -0.39 is 11.8 Å². The van der Waals surface area contributed by atoms with Crippen LogP contribution in [0.2, 0.25) is 0 Å². The molecule has 0 spiro atoms. The van der Waals surface area contributed by atoms with Crippen LogP contribution in [0.25, 0.3) is 0 Å². The first-order valence-corrected chi connectivity index (χ1v) is 7.13. The number of carbonyl (C=O) groups excluding carboxylic acids is 2. The molecule has 0 radical (unpaired) electrons. The van der Waals surface area contributed by atoms with Crippen LogP contribution >= 0.6 is 0 Å². The van der Waals surface area contributed by atoms with Crippen LogP contribution in [0.3, 0.4) is 0 Å². The largest absolute Gasteiger partial charge is 0.507 e. The Bertz CT molecular complexity index is 858. The third-order valence-corrected chi connectivity index (χ3v) is 3.28. The molecular weight excluding hydrogens is 308 g/mol. The number of anilines is 2. The Kier molecular flexibility index (Phi) is 4.24. The quantitative estimate of drug-likeness (QED) is 0.393. The molecule has 0 atom stereocenters. The predicted molar refractivity (Wildman–Crippen MR) is 90.6 cm³/mol. The van der Waals surface area contributed by atoms with Crippen LogP contribution in [0.15, 0.2) is 65.4 Å². The molecule has 24 heavy (non-hydrogen) atoms. The number of amides is 2. The molecule has 1 aliphatic heterocycles. The van der Waals surface area contributed by atoms with Gasteiger partial charge in [-0.2, -0.15) is 5.10 Å². The second-order valence-corrected chi connectivity index (χ2v) is 4.98. The van der Waals surface area contributed by atoms with Crippen LogP contribution in [-0.2, 0) is 9.59 Å². The van der Waals surface area contributed by atoms with Crippen LogP contribution in [0.4, 0.5) is 11.4 Å². The third kappa shape index (κ3) is 3.41. The van der Waals surface area contributed by atoms with Crippen molar-refractivity contribution in [3.63, 3.8) is 0 Å². The fourth-order valence-electron chi connectivity index (χ4n) is 2.12. The normalized spacial score (nSPS) is 14.8. The minimum atomic E-state index is -0.571. The molecule has 1 aliphatic rings. The van der Waals surface area contributed by atoms with Gasteiger partial charge in [0.1, 0.15) is 11.4 Å². The minimum Gasteiger partial charge on any atom is -0.507 e. The lowest BCUT2D eigenvalue weighted by molar-refractivity contribution is -0.117. The zero-order valence-electron chi connectivity index (χ0n) is 12.5. The van der Waals surface area contributed by atoms with Gasteiger partial charge in [-0.15, -0.1) is 0 Å². The Morgan fingerprint density at radius 2 is 1.71 bits per heavy atom. The molecule has 0 fully saturated rings. The van der Waals surface area contributed by atoms with E-state index in [1.807, 2.05) is 6.07 Å². The lowest BCUT2D eigenvalue weighted by Gasteiger charge is -2.20. The highest BCUT2D eigenvalue weighted by molar-refractivity contribution is 6.13. The van der Waals surface area contributed by atoms with Crippen molar-refractivity contribution >= 4 is 29.4 Å². The molecule has 7 heteroatoms. The third-order valence-electron chi connectivity index (χ3n) is 3.28. The van der Waals surface area contributed by atoms with E-state index in [0.29, 0.717) is 16.9 Å². The maximum atomic E-state index is 11.9. The Labute approximate surface area is 137 Å². The van der Waals surface area contributed by atoms with Gasteiger partial charge in [-0.25, -0.2) is 5.43 Å². The summed E-state index contributed by atoms with van der Waals surface area (Å²) in [5, 5.41) is 18.9. The molecule has 7 nitrogen and oxygen atoms in total. The average molecular weight is 322 g/mol. The fraction of sp³-hybridized carbons (Fsp3) is 0. The summed E-state index contributed by atoms with van der Waals surface area (Å²) in [5.41, 5.74) is 4.21. The van der Waals surface area contributed by atoms with E-state index in [-0.39, 0.29) is 11.4 Å². The van der Waals surface area contributed by atoms with E-state index in [1.54, 1.807) is 36.4 Å². The van der Waals surface area contributed by atoms with Gasteiger partial charge in [0, 0.05) is 11.6 Å². The molecule has 0 saturated heterocycles. The maximum absolute atomic E-state index is 11.9. The first-order valence-electron chi connectivity index (χ1n) is 7.13. The van der Waals surface area contributed by atoms with Crippen LogP contribution in [-0.4, -0.2) is 23.1 Å². The molecule has 4 N–H and O–H groups in total. The minimum absolute atomic E-state index is 0.0544. The maximum Gasteiger partial charge on any atom is 0.272 e. The summed E-state index contributed by atoms with van der Waals surface area (Å²) in [6.45, 7) is 0. The van der Waals surface area contributed by atoms with Crippen molar-refractivity contribution in [2.75, 3.05) is 10.6 Å². The van der Waals surface area contributed by atoms with Crippen molar-refractivity contribution in [2.45, 2.75) is 0 Å². The van der Waals surface area contributed by atoms with Crippen molar-refractivity contribution in [3.05, 3.63) is 65.9 Å². The van der Waals surface area contributed by atoms with Crippen molar-refractivity contribution in [2.24, 2.45) is 5.10 Å². The zero-order chi connectivity index (χ0) is 16.9. The van der Waals surface area contributed by atoms with Gasteiger partial charge >= 0.3 is 0 Å². The molecule has 1 heterocycles. The van der Waals surface area contributed by atoms with Gasteiger partial charge in [-0.3, -0.25) is 9.59 Å². The fourth-order valence-corrected chi connectivity index (χ4v) is 2.12. The first kappa shape index (κ1) is 15.3. The van der Waals surface area contributed by atoms with E-state index in [0.717, 1.165) is 6.08 Å². The van der Waals surface area contributed by atoms with Gasteiger partial charge in [0.05, 0.1) is 17.6 Å². The molecule has 0 aromatic heterocycles. The van der Waals surface area contributed by atoms with E-state index in [1.165, 1.54) is 12.3 Å². The smallest absolute Gasteiger partial charge is 0.272 e. The van der Waals surface area contributed by atoms with Gasteiger partial charge in [0.2, 0.25) is 0 Å². The summed E-state index contributed by atoms with van der Waals surface area (Å²) in [7, 11) is 0. The topological polar surface area (TPSA) is 103 Å². The van der Waals surface area contributed by atoms with Gasteiger partial charge in [0.15, 0.2) is 0 Å². The van der Waals surface area contributed by atoms with Crippen LogP contribution in [0.1, 0.15) is 5.56 Å². The molecular formula is C17H14N4O3. The second-order valence-electron chi connectivity index (χ2n) is 4.98. The van der Waals surface area contributed by atoms with Gasteiger partial charge < -0.3 is 15.7 Å². The van der Waals surface area contributed by atoms with E-state index in [9.17, 15) is 14.7 Å². The summed E-state index contributed by atoms with van der Waals surface area (Å²) >= 11 is 0. The van der Waals surface area contributed by atoms with E-state index in [4.69, 9.17) is 0 Å². The number of nitrogens with one attached hydrogen (secondary N) is 3. The average Bonchev–Trinajstić information content (AvgIpc) is 2.57. The molecule has 0 saturated carbocycles. The van der Waals surface area contributed by atoms with E-state index in [2.05, 4.69) is 21.2 Å². The summed E-state index contributed by atoms with van der Waals surface area (Å²) in [5.74, 6) is -0.925. The zero-order valence-corrected chi connectivity index (χ0v) is 12.5. The van der Waals surface area contributed by atoms with Crippen LogP contribution < -0.4 is 16.1 Å². The summed E-state index contributed by atoms with van der Waals surface area (Å²) in [6.07, 6.45) is 2.43. The Balaban J connectivity index is 1.67. The number of para-hydroxylation sites is 3. The number of fused-ring (bicyclic) bond motifs is 1. The highest BCUT2D eigenvalue weighted by Crippen LogP contribution is 2.26. The van der Waals surface area contributed by atoms with Crippen molar-refractivity contribution in [3.8, 4) is 5.75 Å². The number of hydrogen-bond donors (Lipinski definition) is 4. The monoisotopic (exact) mass is 322 g/mol. The van der Waals surface area contributed by atoms with Crippen molar-refractivity contribution in [1.82, 2.24) is 5.43 Å². The molecule has 3 rings (SSSR count). The Morgan fingerprint density at radius 3 is 2.46 bits per heavy atom. The lowest BCUT2D eigenvalue weighted by atomic mass is 10.2. The van der Waals surface area contributed by atoms with E-state index >= 15 is 0 Å². The Hall–Kier alpha value is -3.61. The highest BCUT2D eigenvalue weighted by Gasteiger charge is 2.19. The number of rotatable bonds is 3. The number of hydrogen-bond acceptors (Lipinski definition) is 5. The molecule has 0 unspecified atom stereocenters. The van der Waals surface area contributed by atoms with Crippen molar-refractivity contribution in [1.29, 1.82) is 0 Å². The van der Waals surface area contributed by atoms with Crippen LogP contribution in [0.5, 0.6) is 5.75 Å². The molecule has 0 bridgehead atoms. The van der Waals surface area contributed by atoms with Gasteiger partial charge in [-0.05, 0) is 24.3 Å². The number of benzene rings is 2. The standard InChI is InChI=1S/C17H14N4O3/c22-15-8-4-1-5-11(15)10-18-21-16(23)9-14-17(24)20-13-7-3-2-6-12(13)19-14/h1-10,19,22H,(H,20,24)(H,21,23)/b14-9+,18-10+.